The lowest BCUT2D eigenvalue weighted by molar-refractivity contribution is -0.121. The third-order valence-corrected chi connectivity index (χ3v) is 4.61. The van der Waals surface area contributed by atoms with Gasteiger partial charge in [-0.3, -0.25) is 14.2 Å². The zero-order chi connectivity index (χ0) is 18.6. The standard InChI is InChI=1S/C19H20N6O2/c26-18(12-25-13-22-15-6-2-1-5-14(15)19(25)27)21-11-16-20-8-7-17(23-16)24-9-3-4-10-24/h1-2,5-8,13H,3-4,9-12H2,(H,21,26). The Morgan fingerprint density at radius 2 is 1.93 bits per heavy atom. The van der Waals surface area contributed by atoms with Gasteiger partial charge < -0.3 is 10.2 Å². The summed E-state index contributed by atoms with van der Waals surface area (Å²) in [4.78, 5) is 39.9. The molecular weight excluding hydrogens is 344 g/mol. The van der Waals surface area contributed by atoms with Crippen LogP contribution in [0.2, 0.25) is 0 Å². The van der Waals surface area contributed by atoms with E-state index in [2.05, 4.69) is 25.2 Å². The summed E-state index contributed by atoms with van der Waals surface area (Å²) in [5, 5.41) is 3.27. The number of fused-ring (bicyclic) bond motifs is 1. The molecule has 27 heavy (non-hydrogen) atoms. The van der Waals surface area contributed by atoms with Gasteiger partial charge in [0.05, 0.1) is 23.8 Å². The zero-order valence-electron chi connectivity index (χ0n) is 14.8. The van der Waals surface area contributed by atoms with Crippen LogP contribution in [0, 0.1) is 0 Å². The summed E-state index contributed by atoms with van der Waals surface area (Å²) in [6, 6.07) is 8.96. The molecule has 0 unspecified atom stereocenters. The van der Waals surface area contributed by atoms with Crippen molar-refractivity contribution in [3.63, 3.8) is 0 Å². The van der Waals surface area contributed by atoms with Crippen LogP contribution in [0.4, 0.5) is 5.82 Å². The largest absolute Gasteiger partial charge is 0.357 e. The van der Waals surface area contributed by atoms with Gasteiger partial charge in [-0.2, -0.15) is 0 Å². The van der Waals surface area contributed by atoms with E-state index in [0.29, 0.717) is 16.7 Å². The molecule has 0 radical (unpaired) electrons. The summed E-state index contributed by atoms with van der Waals surface area (Å²) in [7, 11) is 0. The third kappa shape index (κ3) is 3.79. The predicted molar refractivity (Wildman–Crippen MR) is 101 cm³/mol. The molecule has 4 rings (SSSR count). The lowest BCUT2D eigenvalue weighted by Gasteiger charge is -2.16. The second-order valence-electron chi connectivity index (χ2n) is 6.50. The minimum absolute atomic E-state index is 0.0948. The van der Waals surface area contributed by atoms with Crippen molar-refractivity contribution < 1.29 is 4.79 Å². The first-order chi connectivity index (χ1) is 13.2. The quantitative estimate of drug-likeness (QED) is 0.729. The van der Waals surface area contributed by atoms with Crippen LogP contribution in [0.25, 0.3) is 10.9 Å². The van der Waals surface area contributed by atoms with Crippen molar-refractivity contribution in [1.82, 2.24) is 24.8 Å². The van der Waals surface area contributed by atoms with Crippen LogP contribution in [-0.2, 0) is 17.9 Å². The molecule has 138 valence electrons. The van der Waals surface area contributed by atoms with Gasteiger partial charge in [0.25, 0.3) is 5.56 Å². The van der Waals surface area contributed by atoms with E-state index in [1.165, 1.54) is 23.7 Å². The molecule has 8 heteroatoms. The number of carbonyl (C=O) groups is 1. The third-order valence-electron chi connectivity index (χ3n) is 4.61. The number of para-hydroxylation sites is 1. The molecule has 1 N–H and O–H groups in total. The fourth-order valence-corrected chi connectivity index (χ4v) is 3.20. The van der Waals surface area contributed by atoms with E-state index >= 15 is 0 Å². The van der Waals surface area contributed by atoms with Crippen LogP contribution in [0.1, 0.15) is 18.7 Å². The molecule has 3 aromatic rings. The molecule has 0 bridgehead atoms. The highest BCUT2D eigenvalue weighted by atomic mass is 16.2. The zero-order valence-corrected chi connectivity index (χ0v) is 14.8. The van der Waals surface area contributed by atoms with Gasteiger partial charge in [0, 0.05) is 19.3 Å². The molecule has 2 aromatic heterocycles. The maximum absolute atomic E-state index is 12.4. The van der Waals surface area contributed by atoms with Gasteiger partial charge in [0.1, 0.15) is 18.2 Å². The van der Waals surface area contributed by atoms with Gasteiger partial charge in [0.15, 0.2) is 0 Å². The lowest BCUT2D eigenvalue weighted by Crippen LogP contribution is -2.32. The molecule has 0 spiro atoms. The van der Waals surface area contributed by atoms with E-state index in [0.717, 1.165) is 18.9 Å². The van der Waals surface area contributed by atoms with Crippen molar-refractivity contribution in [2.45, 2.75) is 25.9 Å². The Morgan fingerprint density at radius 3 is 2.78 bits per heavy atom. The maximum Gasteiger partial charge on any atom is 0.261 e. The van der Waals surface area contributed by atoms with Crippen molar-refractivity contribution in [3.8, 4) is 0 Å². The van der Waals surface area contributed by atoms with Crippen LogP contribution in [-0.4, -0.2) is 38.5 Å². The average molecular weight is 364 g/mol. The van der Waals surface area contributed by atoms with Gasteiger partial charge in [0.2, 0.25) is 5.91 Å². The number of amides is 1. The molecule has 8 nitrogen and oxygen atoms in total. The number of anilines is 1. The highest BCUT2D eigenvalue weighted by molar-refractivity contribution is 5.78. The van der Waals surface area contributed by atoms with Crippen molar-refractivity contribution in [2.24, 2.45) is 0 Å². The normalized spacial score (nSPS) is 13.9. The SMILES string of the molecule is O=C(Cn1cnc2ccccc2c1=O)NCc1nccc(N2CCCC2)n1. The van der Waals surface area contributed by atoms with Gasteiger partial charge >= 0.3 is 0 Å². The first-order valence-electron chi connectivity index (χ1n) is 8.98. The van der Waals surface area contributed by atoms with Gasteiger partial charge in [-0.15, -0.1) is 0 Å². The summed E-state index contributed by atoms with van der Waals surface area (Å²) in [5.41, 5.74) is 0.384. The Labute approximate surface area is 155 Å². The first kappa shape index (κ1) is 17.1. The highest BCUT2D eigenvalue weighted by Gasteiger charge is 2.14. The predicted octanol–water partition coefficient (Wildman–Crippen LogP) is 1.10. The van der Waals surface area contributed by atoms with E-state index in [-0.39, 0.29) is 24.6 Å². The van der Waals surface area contributed by atoms with Crippen molar-refractivity contribution >= 4 is 22.6 Å². The summed E-state index contributed by atoms with van der Waals surface area (Å²) >= 11 is 0. The summed E-state index contributed by atoms with van der Waals surface area (Å²) in [6.07, 6.45) is 5.45. The van der Waals surface area contributed by atoms with E-state index in [9.17, 15) is 9.59 Å². The Kier molecular flexibility index (Phi) is 4.78. The Balaban J connectivity index is 1.41. The topological polar surface area (TPSA) is 93.0 Å². The fourth-order valence-electron chi connectivity index (χ4n) is 3.20. The molecule has 0 atom stereocenters. The van der Waals surface area contributed by atoms with Crippen molar-refractivity contribution in [3.05, 3.63) is 59.0 Å². The first-order valence-corrected chi connectivity index (χ1v) is 8.98. The second kappa shape index (κ2) is 7.53. The lowest BCUT2D eigenvalue weighted by atomic mass is 10.2. The van der Waals surface area contributed by atoms with E-state index in [4.69, 9.17) is 0 Å². The fraction of sp³-hybridized carbons (Fsp3) is 0.316. The van der Waals surface area contributed by atoms with Gasteiger partial charge in [-0.05, 0) is 31.0 Å². The van der Waals surface area contributed by atoms with E-state index < -0.39 is 0 Å². The Hall–Kier alpha value is -3.29. The average Bonchev–Trinajstić information content (AvgIpc) is 3.24. The molecule has 1 aromatic carbocycles. The molecule has 1 saturated heterocycles. The monoisotopic (exact) mass is 364 g/mol. The smallest absolute Gasteiger partial charge is 0.261 e. The number of nitrogens with one attached hydrogen (secondary N) is 1. The summed E-state index contributed by atoms with van der Waals surface area (Å²) in [5.74, 6) is 1.16. The number of carbonyl (C=O) groups excluding carboxylic acids is 1. The van der Waals surface area contributed by atoms with Crippen LogP contribution >= 0.6 is 0 Å². The maximum atomic E-state index is 12.4. The Bertz CT molecular complexity index is 1030. The van der Waals surface area contributed by atoms with Crippen LogP contribution < -0.4 is 15.8 Å². The number of benzene rings is 1. The van der Waals surface area contributed by atoms with E-state index in [1.54, 1.807) is 24.4 Å². The van der Waals surface area contributed by atoms with E-state index in [1.807, 2.05) is 12.1 Å². The van der Waals surface area contributed by atoms with Crippen LogP contribution in [0.3, 0.4) is 0 Å². The molecular formula is C19H20N6O2. The highest BCUT2D eigenvalue weighted by Crippen LogP contribution is 2.16. The summed E-state index contributed by atoms with van der Waals surface area (Å²) in [6.45, 7) is 2.13. The molecule has 1 aliphatic heterocycles. The molecule has 0 aliphatic carbocycles. The summed E-state index contributed by atoms with van der Waals surface area (Å²) < 4.78 is 1.30. The second-order valence-corrected chi connectivity index (χ2v) is 6.50. The van der Waals surface area contributed by atoms with Crippen LogP contribution in [0.5, 0.6) is 0 Å². The van der Waals surface area contributed by atoms with Crippen molar-refractivity contribution in [1.29, 1.82) is 0 Å². The van der Waals surface area contributed by atoms with Crippen molar-refractivity contribution in [2.75, 3.05) is 18.0 Å². The van der Waals surface area contributed by atoms with Crippen LogP contribution in [0.15, 0.2) is 47.7 Å². The minimum atomic E-state index is -0.288. The molecule has 1 fully saturated rings. The Morgan fingerprint density at radius 1 is 1.11 bits per heavy atom. The van der Waals surface area contributed by atoms with Gasteiger partial charge in [-0.1, -0.05) is 12.1 Å². The molecule has 1 amide bonds. The molecule has 0 saturated carbocycles. The molecule has 3 heterocycles. The number of nitrogens with zero attached hydrogens (tertiary/aromatic N) is 5. The number of hydrogen-bond acceptors (Lipinski definition) is 6. The molecule has 1 aliphatic rings. The number of rotatable bonds is 5. The minimum Gasteiger partial charge on any atom is -0.357 e. The van der Waals surface area contributed by atoms with Gasteiger partial charge in [-0.25, -0.2) is 15.0 Å². The number of hydrogen-bond donors (Lipinski definition) is 1. The number of aromatic nitrogens is 4.